The highest BCUT2D eigenvalue weighted by atomic mass is 31.1. The number of fused-ring (bicyclic) bond motifs is 1. The highest BCUT2D eigenvalue weighted by Crippen LogP contribution is 2.58. The van der Waals surface area contributed by atoms with Crippen molar-refractivity contribution in [2.45, 2.75) is 43.6 Å². The highest BCUT2D eigenvalue weighted by Gasteiger charge is 2.35. The Morgan fingerprint density at radius 2 is 2.00 bits per heavy atom. The van der Waals surface area contributed by atoms with Gasteiger partial charge in [-0.3, -0.25) is 0 Å². The summed E-state index contributed by atoms with van der Waals surface area (Å²) in [7, 11) is 0.0747. The molecular weight excluding hydrogens is 143 g/mol. The average Bonchev–Trinajstić information content (AvgIpc) is 2.34. The molecule has 2 aliphatic heterocycles. The monoisotopic (exact) mass is 158 g/mol. The summed E-state index contributed by atoms with van der Waals surface area (Å²) in [6.07, 6.45) is 8.03. The fourth-order valence-corrected chi connectivity index (χ4v) is 5.45. The van der Waals surface area contributed by atoms with Crippen LogP contribution in [0.15, 0.2) is 0 Å². The van der Waals surface area contributed by atoms with E-state index >= 15 is 0 Å². The van der Waals surface area contributed by atoms with Crippen LogP contribution in [0.2, 0.25) is 0 Å². The van der Waals surface area contributed by atoms with Crippen LogP contribution in [-0.2, 0) is 0 Å². The summed E-state index contributed by atoms with van der Waals surface area (Å²) in [4.78, 5) is 0. The molecular formula is C8H15OP. The first-order valence-corrected chi connectivity index (χ1v) is 5.98. The van der Waals surface area contributed by atoms with E-state index < -0.39 is 0 Å². The van der Waals surface area contributed by atoms with E-state index in [0.29, 0.717) is 0 Å². The Morgan fingerprint density at radius 3 is 2.80 bits per heavy atom. The number of hydrogen-bond acceptors (Lipinski definition) is 1. The topological polar surface area (TPSA) is 20.2 Å². The molecule has 0 aromatic heterocycles. The third-order valence-corrected chi connectivity index (χ3v) is 6.12. The van der Waals surface area contributed by atoms with Gasteiger partial charge in [0.25, 0.3) is 0 Å². The predicted octanol–water partition coefficient (Wildman–Crippen LogP) is 2.13. The third-order valence-electron chi connectivity index (χ3n) is 2.81. The first-order valence-electron chi connectivity index (χ1n) is 4.32. The summed E-state index contributed by atoms with van der Waals surface area (Å²) in [5.74, 6) is 0.125. The van der Waals surface area contributed by atoms with Crippen LogP contribution >= 0.6 is 7.92 Å². The zero-order valence-electron chi connectivity index (χ0n) is 6.29. The van der Waals surface area contributed by atoms with Gasteiger partial charge in [0.2, 0.25) is 0 Å². The summed E-state index contributed by atoms with van der Waals surface area (Å²) in [6, 6.07) is 0. The minimum absolute atomic E-state index is 0.0747. The summed E-state index contributed by atoms with van der Waals surface area (Å²) >= 11 is 0. The van der Waals surface area contributed by atoms with Gasteiger partial charge in [-0.15, -0.1) is 0 Å². The summed E-state index contributed by atoms with van der Waals surface area (Å²) in [5.41, 5.74) is 0.957. The van der Waals surface area contributed by atoms with E-state index in [0.717, 1.165) is 12.1 Å². The van der Waals surface area contributed by atoms with Crippen molar-refractivity contribution in [2.75, 3.05) is 6.16 Å². The first kappa shape index (κ1) is 7.06. The first-order chi connectivity index (χ1) is 4.88. The maximum Gasteiger partial charge on any atom is 0.0733 e. The summed E-state index contributed by atoms with van der Waals surface area (Å²) in [5, 5.41) is 9.55. The number of hydrogen-bond donors (Lipinski definition) is 1. The van der Waals surface area contributed by atoms with Crippen molar-refractivity contribution in [3.8, 4) is 0 Å². The molecule has 3 atom stereocenters. The van der Waals surface area contributed by atoms with Crippen LogP contribution < -0.4 is 0 Å². The molecule has 0 amide bonds. The van der Waals surface area contributed by atoms with Crippen LogP contribution in [-0.4, -0.2) is 22.8 Å². The molecule has 0 saturated carbocycles. The smallest absolute Gasteiger partial charge is 0.0733 e. The van der Waals surface area contributed by atoms with E-state index in [1.807, 2.05) is 0 Å². The van der Waals surface area contributed by atoms with Gasteiger partial charge in [0.1, 0.15) is 0 Å². The second-order valence-corrected chi connectivity index (χ2v) is 6.25. The Bertz CT molecular complexity index is 124. The zero-order valence-corrected chi connectivity index (χ0v) is 7.19. The van der Waals surface area contributed by atoms with E-state index in [4.69, 9.17) is 0 Å². The van der Waals surface area contributed by atoms with Crippen LogP contribution in [0, 0.1) is 0 Å². The lowest BCUT2D eigenvalue weighted by Gasteiger charge is -2.27. The second kappa shape index (κ2) is 2.79. The van der Waals surface area contributed by atoms with Crippen LogP contribution in [0.1, 0.15) is 32.1 Å². The standard InChI is InChI=1S/C8H15OP/c9-8-5-4-7-3-1-2-6-10(7)8/h7-9H,1-6H2. The van der Waals surface area contributed by atoms with E-state index in [1.165, 1.54) is 31.8 Å². The Labute approximate surface area is 63.6 Å². The van der Waals surface area contributed by atoms with Gasteiger partial charge in [0, 0.05) is 0 Å². The molecule has 0 radical (unpaired) electrons. The lowest BCUT2D eigenvalue weighted by atomic mass is 10.1. The number of rotatable bonds is 0. The number of aliphatic hydroxyl groups excluding tert-OH is 1. The van der Waals surface area contributed by atoms with Crippen molar-refractivity contribution in [3.05, 3.63) is 0 Å². The maximum atomic E-state index is 9.55. The van der Waals surface area contributed by atoms with Crippen molar-refractivity contribution < 1.29 is 5.11 Å². The normalized spacial score (nSPS) is 47.1. The quantitative estimate of drug-likeness (QED) is 0.535. The molecule has 1 nitrogen and oxygen atoms in total. The van der Waals surface area contributed by atoms with Crippen LogP contribution in [0.5, 0.6) is 0 Å². The van der Waals surface area contributed by atoms with Gasteiger partial charge in [-0.1, -0.05) is 14.3 Å². The highest BCUT2D eigenvalue weighted by molar-refractivity contribution is 7.59. The van der Waals surface area contributed by atoms with Gasteiger partial charge in [-0.2, -0.15) is 0 Å². The molecule has 2 heterocycles. The van der Waals surface area contributed by atoms with Crippen molar-refractivity contribution in [1.82, 2.24) is 0 Å². The average molecular weight is 158 g/mol. The van der Waals surface area contributed by atoms with E-state index in [1.54, 1.807) is 0 Å². The van der Waals surface area contributed by atoms with E-state index in [9.17, 15) is 5.11 Å². The van der Waals surface area contributed by atoms with Gasteiger partial charge in [0.05, 0.1) is 5.85 Å². The van der Waals surface area contributed by atoms with Crippen molar-refractivity contribution in [2.24, 2.45) is 0 Å². The molecule has 1 N–H and O–H groups in total. The van der Waals surface area contributed by atoms with Crippen LogP contribution in [0.4, 0.5) is 0 Å². The van der Waals surface area contributed by atoms with Gasteiger partial charge >= 0.3 is 0 Å². The Hall–Kier alpha value is 0.390. The largest absolute Gasteiger partial charge is 0.389 e. The summed E-state index contributed by atoms with van der Waals surface area (Å²) in [6.45, 7) is 0. The summed E-state index contributed by atoms with van der Waals surface area (Å²) < 4.78 is 0. The predicted molar refractivity (Wildman–Crippen MR) is 44.7 cm³/mol. The minimum Gasteiger partial charge on any atom is -0.389 e. The molecule has 2 aliphatic rings. The van der Waals surface area contributed by atoms with Gasteiger partial charge in [-0.25, -0.2) is 0 Å². The van der Waals surface area contributed by atoms with Crippen molar-refractivity contribution in [3.63, 3.8) is 0 Å². The molecule has 0 aromatic rings. The number of aliphatic hydroxyl groups is 1. The second-order valence-electron chi connectivity index (χ2n) is 3.45. The molecule has 58 valence electrons. The van der Waals surface area contributed by atoms with Crippen molar-refractivity contribution in [1.29, 1.82) is 0 Å². The molecule has 0 aromatic carbocycles. The fraction of sp³-hybridized carbons (Fsp3) is 1.00. The van der Waals surface area contributed by atoms with E-state index in [-0.39, 0.29) is 13.8 Å². The molecule has 0 bridgehead atoms. The van der Waals surface area contributed by atoms with Gasteiger partial charge in [-0.05, 0) is 37.5 Å². The Balaban J connectivity index is 2.01. The minimum atomic E-state index is 0.0747. The Kier molecular flexibility index (Phi) is 1.97. The molecule has 2 rings (SSSR count). The van der Waals surface area contributed by atoms with Gasteiger partial charge < -0.3 is 5.11 Å². The molecule has 0 aliphatic carbocycles. The SMILES string of the molecule is OC1CCC2CCCCP12. The lowest BCUT2D eigenvalue weighted by Crippen LogP contribution is -2.11. The lowest BCUT2D eigenvalue weighted by molar-refractivity contribution is 0.255. The Morgan fingerprint density at radius 1 is 1.10 bits per heavy atom. The van der Waals surface area contributed by atoms with Crippen LogP contribution in [0.3, 0.4) is 0 Å². The molecule has 10 heavy (non-hydrogen) atoms. The third kappa shape index (κ3) is 1.10. The zero-order chi connectivity index (χ0) is 6.97. The molecule has 2 heteroatoms. The molecule has 3 unspecified atom stereocenters. The van der Waals surface area contributed by atoms with Crippen molar-refractivity contribution >= 4 is 7.92 Å². The molecule has 2 fully saturated rings. The van der Waals surface area contributed by atoms with Crippen LogP contribution in [0.25, 0.3) is 0 Å². The van der Waals surface area contributed by atoms with Gasteiger partial charge in [0.15, 0.2) is 0 Å². The fourth-order valence-electron chi connectivity index (χ4n) is 2.23. The van der Waals surface area contributed by atoms with E-state index in [2.05, 4.69) is 0 Å². The molecule has 0 spiro atoms. The maximum absolute atomic E-state index is 9.55. The molecule has 2 saturated heterocycles.